The van der Waals surface area contributed by atoms with Crippen LogP contribution in [0.2, 0.25) is 0 Å². The Bertz CT molecular complexity index is 674. The molecule has 0 aliphatic carbocycles. The van der Waals surface area contributed by atoms with Crippen LogP contribution in [0.5, 0.6) is 0 Å². The number of nitrogens with zero attached hydrogens (tertiary/aromatic N) is 3. The summed E-state index contributed by atoms with van der Waals surface area (Å²) in [6.45, 7) is 0. The molecule has 3 aromatic rings. The third-order valence-electron chi connectivity index (χ3n) is 2.64. The number of carbonyl (C=O) groups is 1. The predicted octanol–water partition coefficient (Wildman–Crippen LogP) is 2.23. The summed E-state index contributed by atoms with van der Waals surface area (Å²) in [7, 11) is 0. The summed E-state index contributed by atoms with van der Waals surface area (Å²) in [5.41, 5.74) is 0.451. The molecule has 17 heavy (non-hydrogen) atoms. The number of benzene rings is 1. The molecule has 0 bridgehead atoms. The van der Waals surface area contributed by atoms with Gasteiger partial charge in [-0.3, -0.25) is 9.36 Å². The van der Waals surface area contributed by atoms with Crippen molar-refractivity contribution < 1.29 is 4.79 Å². The van der Waals surface area contributed by atoms with Crippen LogP contribution in [0, 0.1) is 0 Å². The normalized spacial score (nSPS) is 10.6. The lowest BCUT2D eigenvalue weighted by atomic mass is 10.1. The van der Waals surface area contributed by atoms with Gasteiger partial charge in [-0.1, -0.05) is 24.3 Å². The second-order valence-corrected chi connectivity index (χ2v) is 3.67. The maximum Gasteiger partial charge on any atom is 0.169 e. The summed E-state index contributed by atoms with van der Waals surface area (Å²) in [6, 6.07) is 9.63. The van der Waals surface area contributed by atoms with Gasteiger partial charge in [-0.15, -0.1) is 0 Å². The van der Waals surface area contributed by atoms with E-state index in [1.54, 1.807) is 23.3 Å². The lowest BCUT2D eigenvalue weighted by Gasteiger charge is -2.05. The van der Waals surface area contributed by atoms with Gasteiger partial charge in [0, 0.05) is 17.8 Å². The van der Waals surface area contributed by atoms with Gasteiger partial charge in [0.1, 0.15) is 17.8 Å². The summed E-state index contributed by atoms with van der Waals surface area (Å²) in [6.07, 6.45) is 5.91. The number of fused-ring (bicyclic) bond motifs is 1. The summed E-state index contributed by atoms with van der Waals surface area (Å²) >= 11 is 0. The molecule has 0 N–H and O–H groups in total. The van der Waals surface area contributed by atoms with Gasteiger partial charge in [-0.25, -0.2) is 9.97 Å². The molecular weight excluding hydrogens is 214 g/mol. The molecule has 2 heterocycles. The van der Waals surface area contributed by atoms with Crippen LogP contribution >= 0.6 is 0 Å². The Balaban J connectivity index is 2.32. The van der Waals surface area contributed by atoms with Gasteiger partial charge >= 0.3 is 0 Å². The molecule has 3 rings (SSSR count). The van der Waals surface area contributed by atoms with E-state index in [0.29, 0.717) is 11.5 Å². The third kappa shape index (κ3) is 1.59. The summed E-state index contributed by atoms with van der Waals surface area (Å²) < 4.78 is 1.78. The summed E-state index contributed by atoms with van der Waals surface area (Å²) in [5, 5.41) is 1.86. The molecule has 0 saturated carbocycles. The van der Waals surface area contributed by atoms with Crippen LogP contribution < -0.4 is 0 Å². The maximum absolute atomic E-state index is 11.1. The highest BCUT2D eigenvalue weighted by Crippen LogP contribution is 2.19. The van der Waals surface area contributed by atoms with E-state index < -0.39 is 0 Å². The zero-order valence-corrected chi connectivity index (χ0v) is 8.95. The minimum absolute atomic E-state index is 0.451. The van der Waals surface area contributed by atoms with Crippen molar-refractivity contribution in [2.45, 2.75) is 0 Å². The second kappa shape index (κ2) is 3.83. The first-order chi connectivity index (χ1) is 8.38. The molecule has 82 valence electrons. The van der Waals surface area contributed by atoms with Crippen molar-refractivity contribution in [2.75, 3.05) is 0 Å². The van der Waals surface area contributed by atoms with Crippen molar-refractivity contribution >= 4 is 17.1 Å². The van der Waals surface area contributed by atoms with Crippen molar-refractivity contribution in [3.05, 3.63) is 54.7 Å². The number of aromatic nitrogens is 3. The van der Waals surface area contributed by atoms with Gasteiger partial charge < -0.3 is 0 Å². The van der Waals surface area contributed by atoms with Crippen LogP contribution in [0.4, 0.5) is 0 Å². The standard InChI is InChI=1S/C13H9N3O/c17-8-12-11-4-2-1-3-10(11)7-13(15-12)16-6-5-14-9-16/h1-9H. The molecule has 0 amide bonds. The molecule has 0 unspecified atom stereocenters. The highest BCUT2D eigenvalue weighted by atomic mass is 16.1. The van der Waals surface area contributed by atoms with Crippen LogP contribution in [-0.4, -0.2) is 20.8 Å². The SMILES string of the molecule is O=Cc1nc(-n2ccnc2)cc2ccccc12. The highest BCUT2D eigenvalue weighted by molar-refractivity contribution is 5.96. The number of hydrogen-bond donors (Lipinski definition) is 0. The van der Waals surface area contributed by atoms with Crippen molar-refractivity contribution in [3.63, 3.8) is 0 Å². The smallest absolute Gasteiger partial charge is 0.169 e. The number of hydrogen-bond acceptors (Lipinski definition) is 3. The number of rotatable bonds is 2. The molecule has 0 radical (unpaired) electrons. The molecule has 2 aromatic heterocycles. The summed E-state index contributed by atoms with van der Waals surface area (Å²) in [5.74, 6) is 0.698. The molecule has 0 aliphatic heterocycles. The average molecular weight is 223 g/mol. The number of aldehydes is 1. The van der Waals surface area contributed by atoms with Gasteiger partial charge in [0.05, 0.1) is 0 Å². The fraction of sp³-hybridized carbons (Fsp3) is 0. The maximum atomic E-state index is 11.1. The van der Waals surface area contributed by atoms with Gasteiger partial charge in [0.2, 0.25) is 0 Å². The average Bonchev–Trinajstić information content (AvgIpc) is 2.91. The van der Waals surface area contributed by atoms with E-state index in [-0.39, 0.29) is 0 Å². The molecule has 0 spiro atoms. The molecule has 0 saturated heterocycles. The molecule has 1 aromatic carbocycles. The lowest BCUT2D eigenvalue weighted by molar-refractivity contribution is 0.112. The van der Waals surface area contributed by atoms with E-state index in [1.165, 1.54) is 0 Å². The van der Waals surface area contributed by atoms with Crippen LogP contribution in [0.15, 0.2) is 49.1 Å². The van der Waals surface area contributed by atoms with Gasteiger partial charge in [-0.2, -0.15) is 0 Å². The fourth-order valence-electron chi connectivity index (χ4n) is 1.83. The minimum atomic E-state index is 0.451. The Kier molecular flexibility index (Phi) is 2.19. The lowest BCUT2D eigenvalue weighted by Crippen LogP contribution is -1.98. The van der Waals surface area contributed by atoms with Crippen LogP contribution in [-0.2, 0) is 0 Å². The van der Waals surface area contributed by atoms with Gasteiger partial charge in [-0.05, 0) is 11.5 Å². The Morgan fingerprint density at radius 1 is 1.24 bits per heavy atom. The van der Waals surface area contributed by atoms with Crippen LogP contribution in [0.25, 0.3) is 16.6 Å². The predicted molar refractivity (Wildman–Crippen MR) is 64.3 cm³/mol. The highest BCUT2D eigenvalue weighted by Gasteiger charge is 2.05. The number of carbonyl (C=O) groups excluding carboxylic acids is 1. The Hall–Kier alpha value is -2.49. The number of imidazole rings is 1. The van der Waals surface area contributed by atoms with Crippen molar-refractivity contribution in [3.8, 4) is 5.82 Å². The molecule has 4 nitrogen and oxygen atoms in total. The zero-order valence-electron chi connectivity index (χ0n) is 8.95. The van der Waals surface area contributed by atoms with Gasteiger partial charge in [0.25, 0.3) is 0 Å². The Labute approximate surface area is 97.6 Å². The zero-order chi connectivity index (χ0) is 11.7. The van der Waals surface area contributed by atoms with E-state index in [2.05, 4.69) is 9.97 Å². The first-order valence-corrected chi connectivity index (χ1v) is 5.22. The molecule has 0 atom stereocenters. The third-order valence-corrected chi connectivity index (χ3v) is 2.64. The van der Waals surface area contributed by atoms with E-state index in [9.17, 15) is 4.79 Å². The fourth-order valence-corrected chi connectivity index (χ4v) is 1.83. The topological polar surface area (TPSA) is 47.8 Å². The van der Waals surface area contributed by atoms with E-state index in [0.717, 1.165) is 17.1 Å². The van der Waals surface area contributed by atoms with Crippen molar-refractivity contribution in [1.82, 2.24) is 14.5 Å². The molecule has 4 heteroatoms. The van der Waals surface area contributed by atoms with Crippen LogP contribution in [0.3, 0.4) is 0 Å². The first-order valence-electron chi connectivity index (χ1n) is 5.22. The Morgan fingerprint density at radius 2 is 2.12 bits per heavy atom. The monoisotopic (exact) mass is 223 g/mol. The number of pyridine rings is 1. The minimum Gasteiger partial charge on any atom is -0.296 e. The van der Waals surface area contributed by atoms with E-state index in [1.807, 2.05) is 30.3 Å². The van der Waals surface area contributed by atoms with Crippen molar-refractivity contribution in [2.24, 2.45) is 0 Å². The van der Waals surface area contributed by atoms with E-state index in [4.69, 9.17) is 0 Å². The molecule has 0 aliphatic rings. The van der Waals surface area contributed by atoms with Gasteiger partial charge in [0.15, 0.2) is 6.29 Å². The largest absolute Gasteiger partial charge is 0.296 e. The second-order valence-electron chi connectivity index (χ2n) is 3.67. The Morgan fingerprint density at radius 3 is 2.88 bits per heavy atom. The van der Waals surface area contributed by atoms with Crippen molar-refractivity contribution in [1.29, 1.82) is 0 Å². The van der Waals surface area contributed by atoms with Crippen LogP contribution in [0.1, 0.15) is 10.5 Å². The quantitative estimate of drug-likeness (QED) is 0.626. The summed E-state index contributed by atoms with van der Waals surface area (Å²) in [4.78, 5) is 19.3. The molecule has 0 fully saturated rings. The van der Waals surface area contributed by atoms with E-state index >= 15 is 0 Å². The molecular formula is C13H9N3O. The first kappa shape index (κ1) is 9.72.